The topological polar surface area (TPSA) is 44.5 Å². The van der Waals surface area contributed by atoms with Gasteiger partial charge in [-0.05, 0) is 51.3 Å². The molecule has 0 bridgehead atoms. The van der Waals surface area contributed by atoms with Crippen molar-refractivity contribution in [2.45, 2.75) is 45.8 Å². The Bertz CT molecular complexity index is 339. The van der Waals surface area contributed by atoms with Crippen LogP contribution in [0, 0.1) is 0 Å². The highest BCUT2D eigenvalue weighted by atomic mass is 16.5. The van der Waals surface area contributed by atoms with Gasteiger partial charge in [-0.15, -0.1) is 0 Å². The molecule has 0 heterocycles. The van der Waals surface area contributed by atoms with Gasteiger partial charge in [0.25, 0.3) is 0 Å². The van der Waals surface area contributed by atoms with Gasteiger partial charge in [0.05, 0.1) is 6.10 Å². The Hall–Kier alpha value is -1.06. The minimum atomic E-state index is 0.0566. The van der Waals surface area contributed by atoms with Gasteiger partial charge in [0, 0.05) is 19.3 Å². The van der Waals surface area contributed by atoms with E-state index in [0.29, 0.717) is 0 Å². The quantitative estimate of drug-likeness (QED) is 0.721. The molecule has 2 N–H and O–H groups in total. The summed E-state index contributed by atoms with van der Waals surface area (Å²) in [6.45, 7) is 7.61. The lowest BCUT2D eigenvalue weighted by Crippen LogP contribution is -2.12. The molecule has 1 aromatic rings. The molecule has 1 rings (SSSR count). The fraction of sp³-hybridized carbons (Fsp3) is 0.600. The van der Waals surface area contributed by atoms with E-state index in [1.54, 1.807) is 0 Å². The Morgan fingerprint density at radius 1 is 1.28 bits per heavy atom. The zero-order valence-electron chi connectivity index (χ0n) is 11.7. The average Bonchev–Trinajstić information content (AvgIpc) is 2.34. The zero-order valence-corrected chi connectivity index (χ0v) is 11.7. The van der Waals surface area contributed by atoms with Crippen LogP contribution < -0.4 is 10.5 Å². The average molecular weight is 251 g/mol. The Labute approximate surface area is 110 Å². The van der Waals surface area contributed by atoms with Crippen molar-refractivity contribution in [3.8, 4) is 5.75 Å². The van der Waals surface area contributed by atoms with Crippen molar-refractivity contribution in [2.24, 2.45) is 5.73 Å². The van der Waals surface area contributed by atoms with Crippen LogP contribution in [0.15, 0.2) is 24.3 Å². The highest BCUT2D eigenvalue weighted by Gasteiger charge is 2.07. The molecule has 1 unspecified atom stereocenters. The molecule has 1 atom stereocenters. The first kappa shape index (κ1) is 15.0. The molecular weight excluding hydrogens is 226 g/mol. The van der Waals surface area contributed by atoms with Crippen molar-refractivity contribution in [2.75, 3.05) is 13.2 Å². The molecule has 0 fully saturated rings. The van der Waals surface area contributed by atoms with E-state index in [4.69, 9.17) is 15.2 Å². The van der Waals surface area contributed by atoms with E-state index < -0.39 is 0 Å². The molecule has 18 heavy (non-hydrogen) atoms. The van der Waals surface area contributed by atoms with Crippen molar-refractivity contribution in [1.82, 2.24) is 0 Å². The SMILES string of the molecule is CCOCCCC(N)c1cccc(OC(C)C)c1. The summed E-state index contributed by atoms with van der Waals surface area (Å²) < 4.78 is 11.0. The number of hydrogen-bond acceptors (Lipinski definition) is 3. The van der Waals surface area contributed by atoms with E-state index in [-0.39, 0.29) is 12.1 Å². The largest absolute Gasteiger partial charge is 0.491 e. The predicted molar refractivity (Wildman–Crippen MR) is 74.9 cm³/mol. The molecule has 0 aliphatic heterocycles. The maximum atomic E-state index is 6.17. The van der Waals surface area contributed by atoms with Gasteiger partial charge in [-0.2, -0.15) is 0 Å². The zero-order chi connectivity index (χ0) is 13.4. The molecule has 3 nitrogen and oxygen atoms in total. The fourth-order valence-corrected chi connectivity index (χ4v) is 1.81. The van der Waals surface area contributed by atoms with E-state index >= 15 is 0 Å². The normalized spacial score (nSPS) is 12.7. The van der Waals surface area contributed by atoms with Crippen LogP contribution in [0.25, 0.3) is 0 Å². The lowest BCUT2D eigenvalue weighted by Gasteiger charge is -2.15. The summed E-state index contributed by atoms with van der Waals surface area (Å²) in [6.07, 6.45) is 2.12. The van der Waals surface area contributed by atoms with Crippen molar-refractivity contribution in [1.29, 1.82) is 0 Å². The highest BCUT2D eigenvalue weighted by Crippen LogP contribution is 2.21. The van der Waals surface area contributed by atoms with E-state index in [0.717, 1.165) is 37.4 Å². The summed E-state index contributed by atoms with van der Waals surface area (Å²) >= 11 is 0. The Balaban J connectivity index is 2.48. The summed E-state index contributed by atoms with van der Waals surface area (Å²) in [6, 6.07) is 8.11. The smallest absolute Gasteiger partial charge is 0.120 e. The number of benzene rings is 1. The molecule has 3 heteroatoms. The van der Waals surface area contributed by atoms with Gasteiger partial charge in [-0.25, -0.2) is 0 Å². The number of rotatable bonds is 8. The van der Waals surface area contributed by atoms with Gasteiger partial charge >= 0.3 is 0 Å². The Morgan fingerprint density at radius 2 is 2.06 bits per heavy atom. The third kappa shape index (κ3) is 5.52. The van der Waals surface area contributed by atoms with E-state index in [1.165, 1.54) is 0 Å². The molecule has 0 amide bonds. The third-order valence-corrected chi connectivity index (χ3v) is 2.67. The van der Waals surface area contributed by atoms with Crippen molar-refractivity contribution < 1.29 is 9.47 Å². The number of hydrogen-bond donors (Lipinski definition) is 1. The van der Waals surface area contributed by atoms with Crippen molar-refractivity contribution in [3.63, 3.8) is 0 Å². The minimum Gasteiger partial charge on any atom is -0.491 e. The maximum absolute atomic E-state index is 6.17. The predicted octanol–water partition coefficient (Wildman–Crippen LogP) is 3.29. The van der Waals surface area contributed by atoms with Gasteiger partial charge in [0.1, 0.15) is 5.75 Å². The van der Waals surface area contributed by atoms with Crippen LogP contribution in [0.2, 0.25) is 0 Å². The second-order valence-electron chi connectivity index (χ2n) is 4.68. The van der Waals surface area contributed by atoms with Crippen LogP contribution in [0.4, 0.5) is 0 Å². The molecule has 0 aliphatic carbocycles. The second kappa shape index (κ2) is 8.11. The van der Waals surface area contributed by atoms with Gasteiger partial charge in [-0.1, -0.05) is 12.1 Å². The molecule has 0 aromatic heterocycles. The van der Waals surface area contributed by atoms with E-state index in [1.807, 2.05) is 39.0 Å². The lowest BCUT2D eigenvalue weighted by molar-refractivity contribution is 0.142. The Morgan fingerprint density at radius 3 is 2.72 bits per heavy atom. The molecule has 0 saturated heterocycles. The van der Waals surface area contributed by atoms with Gasteiger partial charge < -0.3 is 15.2 Å². The molecule has 102 valence electrons. The van der Waals surface area contributed by atoms with E-state index in [2.05, 4.69) is 6.07 Å². The van der Waals surface area contributed by atoms with Crippen LogP contribution in [0.5, 0.6) is 5.75 Å². The standard InChI is InChI=1S/C15H25NO2/c1-4-17-10-6-9-15(16)13-7-5-8-14(11-13)18-12(2)3/h5,7-8,11-12,15H,4,6,9-10,16H2,1-3H3. The van der Waals surface area contributed by atoms with Gasteiger partial charge in [0.15, 0.2) is 0 Å². The molecule has 0 spiro atoms. The Kier molecular flexibility index (Phi) is 6.76. The second-order valence-corrected chi connectivity index (χ2v) is 4.68. The van der Waals surface area contributed by atoms with Crippen LogP contribution in [0.1, 0.15) is 45.2 Å². The summed E-state index contributed by atoms with van der Waals surface area (Å²) in [5.41, 5.74) is 7.30. The molecule has 0 radical (unpaired) electrons. The van der Waals surface area contributed by atoms with Crippen LogP contribution >= 0.6 is 0 Å². The summed E-state index contributed by atoms with van der Waals surface area (Å²) in [5, 5.41) is 0. The van der Waals surface area contributed by atoms with Gasteiger partial charge in [-0.3, -0.25) is 0 Å². The summed E-state index contributed by atoms with van der Waals surface area (Å²) in [4.78, 5) is 0. The monoisotopic (exact) mass is 251 g/mol. The minimum absolute atomic E-state index is 0.0566. The summed E-state index contributed by atoms with van der Waals surface area (Å²) in [5.74, 6) is 0.891. The summed E-state index contributed by atoms with van der Waals surface area (Å²) in [7, 11) is 0. The molecule has 1 aromatic carbocycles. The van der Waals surface area contributed by atoms with E-state index in [9.17, 15) is 0 Å². The van der Waals surface area contributed by atoms with Crippen LogP contribution in [-0.2, 0) is 4.74 Å². The van der Waals surface area contributed by atoms with Gasteiger partial charge in [0.2, 0.25) is 0 Å². The van der Waals surface area contributed by atoms with Crippen molar-refractivity contribution in [3.05, 3.63) is 29.8 Å². The molecular formula is C15H25NO2. The maximum Gasteiger partial charge on any atom is 0.120 e. The highest BCUT2D eigenvalue weighted by molar-refractivity contribution is 5.30. The first-order valence-corrected chi connectivity index (χ1v) is 6.73. The van der Waals surface area contributed by atoms with Crippen LogP contribution in [0.3, 0.4) is 0 Å². The van der Waals surface area contributed by atoms with Crippen molar-refractivity contribution >= 4 is 0 Å². The molecule has 0 aliphatic rings. The number of ether oxygens (including phenoxy) is 2. The first-order chi connectivity index (χ1) is 8.63. The third-order valence-electron chi connectivity index (χ3n) is 2.67. The number of nitrogens with two attached hydrogens (primary N) is 1. The lowest BCUT2D eigenvalue weighted by atomic mass is 10.0. The first-order valence-electron chi connectivity index (χ1n) is 6.73. The fourth-order valence-electron chi connectivity index (χ4n) is 1.81. The van der Waals surface area contributed by atoms with Crippen LogP contribution in [-0.4, -0.2) is 19.3 Å². The molecule has 0 saturated carbocycles.